The molecule has 0 fully saturated rings. The molecular weight excluding hydrogens is 1390 g/mol. The topological polar surface area (TPSA) is 231 Å². The van der Waals surface area contributed by atoms with Crippen molar-refractivity contribution in [2.24, 2.45) is 0 Å². The molecule has 622 valence electrons. The minimum Gasteiger partial charge on any atom is -0.463 e. The summed E-state index contributed by atoms with van der Waals surface area (Å²) in [5.74, 6) is -1.56. The molecule has 0 bridgehead atoms. The van der Waals surface area contributed by atoms with Crippen LogP contribution in [-0.2, 0) is 55.8 Å². The molecule has 0 aliphatic rings. The summed E-state index contributed by atoms with van der Waals surface area (Å²) >= 11 is 0. The van der Waals surface area contributed by atoms with Crippen LogP contribution in [0.3, 0.4) is 0 Å². The lowest BCUT2D eigenvalue weighted by molar-refractivity contribution is -0.161. The van der Waals surface area contributed by atoms with Gasteiger partial charge < -0.3 is 34.2 Å². The van der Waals surface area contributed by atoms with E-state index in [2.05, 4.69) is 118 Å². The number of carbonyl (C=O) groups is 3. The number of allylic oxidation sites excluding steroid dienone is 16. The summed E-state index contributed by atoms with van der Waals surface area (Å²) in [5, 5.41) is 20.7. The second kappa shape index (κ2) is 81.9. The van der Waals surface area contributed by atoms with Gasteiger partial charge in [0.05, 0.1) is 26.4 Å². The van der Waals surface area contributed by atoms with Gasteiger partial charge in [0, 0.05) is 19.3 Å². The molecule has 0 aliphatic heterocycles. The van der Waals surface area contributed by atoms with Crippen molar-refractivity contribution in [1.29, 1.82) is 0 Å². The van der Waals surface area contributed by atoms with Crippen LogP contribution in [-0.4, -0.2) is 95.9 Å². The van der Waals surface area contributed by atoms with Gasteiger partial charge in [-0.1, -0.05) is 362 Å². The number of hydrogen-bond acceptors (Lipinski definition) is 14. The Morgan fingerprint density at radius 1 is 0.262 bits per heavy atom. The number of carbonyl (C=O) groups excluding carboxylic acids is 3. The maximum absolute atomic E-state index is 13.0. The van der Waals surface area contributed by atoms with Crippen LogP contribution >= 0.6 is 15.6 Å². The number of aliphatic hydroxyl groups excluding tert-OH is 2. The van der Waals surface area contributed by atoms with Crippen molar-refractivity contribution < 1.29 is 75.8 Å². The van der Waals surface area contributed by atoms with Gasteiger partial charge in [0.15, 0.2) is 6.10 Å². The Morgan fingerprint density at radius 2 is 0.467 bits per heavy atom. The molecule has 0 aliphatic carbocycles. The number of aliphatic hydroxyl groups is 2. The maximum Gasteiger partial charge on any atom is 0.472 e. The molecule has 0 aromatic carbocycles. The van der Waals surface area contributed by atoms with Crippen LogP contribution in [0, 0.1) is 0 Å². The standard InChI is InChI=1S/C89H160O16P2/c1-4-7-10-13-16-19-22-25-27-29-31-33-35-37-39-41-43-45-47-49-51-53-55-58-60-63-66-69-72-75-87(92)99-78-84(90)79-101-106(95,96)102-80-85(91)81-103-107(97,98)104-83-86(105-89(94)77-74-71-68-65-62-57-24-21-18-15-12-9-6-3)82-100-88(93)76-73-70-67-64-61-59-56-54-52-50-48-46-44-42-40-38-36-34-32-30-28-26-23-20-17-14-11-8-5-2/h16-17,19-20,25-28,31-34,37-40,84-86,90-91H,4-15,18,21-24,29-30,35-36,41-83H2,1-3H3,(H,95,96)(H,97,98)/b19-16-,20-17-,27-25-,28-26-,33-31-,34-32-,39-37-,40-38-. The maximum atomic E-state index is 13.0. The lowest BCUT2D eigenvalue weighted by Crippen LogP contribution is -2.30. The summed E-state index contributed by atoms with van der Waals surface area (Å²) in [6, 6.07) is 0. The fourth-order valence-electron chi connectivity index (χ4n) is 12.1. The van der Waals surface area contributed by atoms with Crippen LogP contribution in [0.5, 0.6) is 0 Å². The van der Waals surface area contributed by atoms with Crippen LogP contribution in [0.15, 0.2) is 97.2 Å². The molecule has 0 rings (SSSR count). The molecule has 0 spiro atoms. The smallest absolute Gasteiger partial charge is 0.463 e. The number of phosphoric ester groups is 2. The summed E-state index contributed by atoms with van der Waals surface area (Å²) in [5.41, 5.74) is 0. The average molecular weight is 1550 g/mol. The SMILES string of the molecule is CCCCC/C=C\C/C=C\C/C=C\C/C=C\CCCCCCCCCCCCCCCC(=O)OCC(O)COP(=O)(O)OCC(O)COP(=O)(O)OCC(COC(=O)CCCCCCCCCCCCCCC/C=C\C/C=C\C/C=C\C/C=C\CCCCC)OC(=O)CCCCCCCCCCCCCCC. The Morgan fingerprint density at radius 3 is 0.757 bits per heavy atom. The van der Waals surface area contributed by atoms with Crippen molar-refractivity contribution >= 4 is 33.6 Å². The highest BCUT2D eigenvalue weighted by Crippen LogP contribution is 2.45. The molecule has 16 nitrogen and oxygen atoms in total. The molecule has 0 saturated carbocycles. The summed E-state index contributed by atoms with van der Waals surface area (Å²) in [6.07, 6.45) is 96.0. The Bertz CT molecular complexity index is 2330. The molecule has 0 aromatic heterocycles. The van der Waals surface area contributed by atoms with Gasteiger partial charge in [-0.3, -0.25) is 32.5 Å². The van der Waals surface area contributed by atoms with Crippen molar-refractivity contribution in [3.63, 3.8) is 0 Å². The minimum absolute atomic E-state index is 0.109. The van der Waals surface area contributed by atoms with Gasteiger partial charge in [0.1, 0.15) is 25.4 Å². The molecule has 18 heteroatoms. The zero-order chi connectivity index (χ0) is 78.0. The molecule has 5 unspecified atom stereocenters. The zero-order valence-electron chi connectivity index (χ0n) is 68.3. The van der Waals surface area contributed by atoms with Crippen molar-refractivity contribution in [3.05, 3.63) is 97.2 Å². The van der Waals surface area contributed by atoms with Gasteiger partial charge in [0.25, 0.3) is 0 Å². The first-order valence-electron chi connectivity index (χ1n) is 43.5. The number of hydrogen-bond donors (Lipinski definition) is 4. The van der Waals surface area contributed by atoms with E-state index in [1.807, 2.05) is 0 Å². The van der Waals surface area contributed by atoms with E-state index in [1.54, 1.807) is 0 Å². The highest BCUT2D eigenvalue weighted by atomic mass is 31.2. The predicted octanol–water partition coefficient (Wildman–Crippen LogP) is 26.1. The lowest BCUT2D eigenvalue weighted by atomic mass is 10.0. The van der Waals surface area contributed by atoms with Gasteiger partial charge in [-0.15, -0.1) is 0 Å². The Balaban J connectivity index is 4.45. The second-order valence-corrected chi connectivity index (χ2v) is 32.3. The summed E-state index contributed by atoms with van der Waals surface area (Å²) in [7, 11) is -9.78. The largest absolute Gasteiger partial charge is 0.472 e. The number of rotatable bonds is 83. The Labute approximate surface area is 654 Å². The van der Waals surface area contributed by atoms with E-state index < -0.39 is 91.5 Å². The molecular formula is C89H160O16P2. The number of unbranched alkanes of at least 4 members (excludes halogenated alkanes) is 44. The first-order valence-corrected chi connectivity index (χ1v) is 46.5. The number of esters is 3. The fourth-order valence-corrected chi connectivity index (χ4v) is 13.7. The highest BCUT2D eigenvalue weighted by Gasteiger charge is 2.29. The van der Waals surface area contributed by atoms with E-state index in [0.29, 0.717) is 19.3 Å². The fraction of sp³-hybridized carbons (Fsp3) is 0.787. The molecule has 5 atom stereocenters. The molecule has 4 N–H and O–H groups in total. The molecule has 107 heavy (non-hydrogen) atoms. The third kappa shape index (κ3) is 83.2. The predicted molar refractivity (Wildman–Crippen MR) is 445 cm³/mol. The average Bonchev–Trinajstić information content (AvgIpc) is 0.909. The van der Waals surface area contributed by atoms with E-state index >= 15 is 0 Å². The third-order valence-electron chi connectivity index (χ3n) is 18.8. The quantitative estimate of drug-likeness (QED) is 0.0146. The van der Waals surface area contributed by atoms with Gasteiger partial charge in [-0.2, -0.15) is 0 Å². The molecule has 0 amide bonds. The van der Waals surface area contributed by atoms with Crippen LogP contribution in [0.4, 0.5) is 0 Å². The van der Waals surface area contributed by atoms with Crippen LogP contribution < -0.4 is 0 Å². The zero-order valence-corrected chi connectivity index (χ0v) is 70.1. The van der Waals surface area contributed by atoms with Crippen molar-refractivity contribution in [1.82, 2.24) is 0 Å². The number of phosphoric acid groups is 2. The summed E-state index contributed by atoms with van der Waals surface area (Å²) < 4.78 is 61.3. The van der Waals surface area contributed by atoms with Crippen LogP contribution in [0.2, 0.25) is 0 Å². The van der Waals surface area contributed by atoms with E-state index in [-0.39, 0.29) is 19.3 Å². The molecule has 0 saturated heterocycles. The van der Waals surface area contributed by atoms with Gasteiger partial charge in [-0.05, 0) is 109 Å². The first-order chi connectivity index (χ1) is 52.2. The number of ether oxygens (including phenoxy) is 3. The molecule has 0 heterocycles. The van der Waals surface area contributed by atoms with Crippen LogP contribution in [0.25, 0.3) is 0 Å². The Kier molecular flexibility index (Phi) is 79.2. The van der Waals surface area contributed by atoms with Gasteiger partial charge >= 0.3 is 33.6 Å². The monoisotopic (exact) mass is 1550 g/mol. The van der Waals surface area contributed by atoms with Crippen LogP contribution in [0.1, 0.15) is 393 Å². The molecule has 0 aromatic rings. The summed E-state index contributed by atoms with van der Waals surface area (Å²) in [6.45, 7) is 2.69. The minimum atomic E-state index is -4.93. The van der Waals surface area contributed by atoms with Gasteiger partial charge in [0.2, 0.25) is 0 Å². The second-order valence-electron chi connectivity index (χ2n) is 29.3. The normalized spacial score (nSPS) is 14.3. The van der Waals surface area contributed by atoms with E-state index in [4.69, 9.17) is 32.3 Å². The van der Waals surface area contributed by atoms with Crippen molar-refractivity contribution in [2.75, 3.05) is 39.6 Å². The van der Waals surface area contributed by atoms with Gasteiger partial charge in [-0.25, -0.2) is 9.13 Å². The van der Waals surface area contributed by atoms with E-state index in [9.17, 15) is 43.5 Å². The van der Waals surface area contributed by atoms with E-state index in [0.717, 1.165) is 116 Å². The Hall–Kier alpha value is -3.53. The summed E-state index contributed by atoms with van der Waals surface area (Å²) in [4.78, 5) is 58.8. The third-order valence-corrected chi connectivity index (χ3v) is 20.7. The van der Waals surface area contributed by atoms with E-state index in [1.165, 1.54) is 218 Å². The highest BCUT2D eigenvalue weighted by molar-refractivity contribution is 7.47. The molecule has 0 radical (unpaired) electrons. The van der Waals surface area contributed by atoms with Crippen molar-refractivity contribution in [2.45, 2.75) is 411 Å². The van der Waals surface area contributed by atoms with Crippen molar-refractivity contribution in [3.8, 4) is 0 Å². The first kappa shape index (κ1) is 103. The lowest BCUT2D eigenvalue weighted by Gasteiger charge is -2.21.